The van der Waals surface area contributed by atoms with Gasteiger partial charge in [-0.25, -0.2) is 13.2 Å². The van der Waals surface area contributed by atoms with E-state index in [4.69, 9.17) is 0 Å². The Morgan fingerprint density at radius 1 is 1.03 bits per heavy atom. The first kappa shape index (κ1) is 22.5. The van der Waals surface area contributed by atoms with Gasteiger partial charge < -0.3 is 10.2 Å². The highest BCUT2D eigenvalue weighted by molar-refractivity contribution is 7.91. The van der Waals surface area contributed by atoms with Crippen molar-refractivity contribution in [3.8, 4) is 0 Å². The van der Waals surface area contributed by atoms with E-state index < -0.39 is 39.0 Å². The van der Waals surface area contributed by atoms with Gasteiger partial charge >= 0.3 is 6.03 Å². The number of para-hydroxylation sites is 1. The van der Waals surface area contributed by atoms with Gasteiger partial charge in [-0.2, -0.15) is 0 Å². The fourth-order valence-electron chi connectivity index (χ4n) is 3.72. The van der Waals surface area contributed by atoms with Gasteiger partial charge in [-0.1, -0.05) is 24.3 Å². The molecule has 10 nitrogen and oxygen atoms in total. The molecule has 1 saturated heterocycles. The lowest BCUT2D eigenvalue weighted by atomic mass is 9.86. The minimum absolute atomic E-state index is 0.0377. The number of fused-ring (bicyclic) bond motifs is 1. The quantitative estimate of drug-likeness (QED) is 0.543. The summed E-state index contributed by atoms with van der Waals surface area (Å²) < 4.78 is 24.6. The third-order valence-electron chi connectivity index (χ3n) is 5.82. The molecule has 0 bridgehead atoms. The fraction of sp³-hybridized carbons (Fsp3) is 0.273. The highest BCUT2D eigenvalue weighted by atomic mass is 32.2. The van der Waals surface area contributed by atoms with E-state index in [2.05, 4.69) is 5.32 Å². The molecule has 2 aliphatic heterocycles. The number of urea groups is 1. The second kappa shape index (κ2) is 8.32. The molecule has 2 aromatic carbocycles. The van der Waals surface area contributed by atoms with Gasteiger partial charge in [0, 0.05) is 25.2 Å². The van der Waals surface area contributed by atoms with Crippen LogP contribution in [0.4, 0.5) is 10.5 Å². The maximum Gasteiger partial charge on any atom is 0.328 e. The molecule has 4 rings (SSSR count). The lowest BCUT2D eigenvalue weighted by Gasteiger charge is -2.31. The van der Waals surface area contributed by atoms with Crippen molar-refractivity contribution >= 4 is 39.3 Å². The van der Waals surface area contributed by atoms with Crippen LogP contribution < -0.4 is 20.9 Å². The van der Waals surface area contributed by atoms with Crippen LogP contribution in [0.15, 0.2) is 53.4 Å². The van der Waals surface area contributed by atoms with Gasteiger partial charge in [-0.15, -0.1) is 0 Å². The normalized spacial score (nSPS) is 18.7. The first-order valence-electron chi connectivity index (χ1n) is 10.2. The van der Waals surface area contributed by atoms with Crippen LogP contribution in [0.25, 0.3) is 0 Å². The maximum atomic E-state index is 12.5. The largest absolute Gasteiger partial charge is 0.365 e. The standard InChI is InChI=1S/C22H22N4O6S/c1-22(19(28)24-21(30)25-20(22)29)13-23-18(27)15-8-6-14(7-9-15)12-26-10-11-33(31,32)17-5-3-2-4-16(17)26/h2-9H,10-13H2,1H3,(H,23,27)(H2,24,25,28,29,30). The van der Waals surface area contributed by atoms with E-state index in [0.29, 0.717) is 29.2 Å². The predicted octanol–water partition coefficient (Wildman–Crippen LogP) is 0.583. The van der Waals surface area contributed by atoms with Gasteiger partial charge in [0.15, 0.2) is 9.84 Å². The summed E-state index contributed by atoms with van der Waals surface area (Å²) in [7, 11) is -3.29. The Labute approximate surface area is 190 Å². The van der Waals surface area contributed by atoms with Crippen LogP contribution in [0, 0.1) is 5.41 Å². The van der Waals surface area contributed by atoms with Gasteiger partial charge in [0.2, 0.25) is 11.8 Å². The smallest absolute Gasteiger partial charge is 0.328 e. The zero-order valence-electron chi connectivity index (χ0n) is 17.8. The highest BCUT2D eigenvalue weighted by Crippen LogP contribution is 2.31. The van der Waals surface area contributed by atoms with Crippen molar-refractivity contribution < 1.29 is 27.6 Å². The Morgan fingerprint density at radius 2 is 1.67 bits per heavy atom. The van der Waals surface area contributed by atoms with Crippen LogP contribution in [-0.2, 0) is 26.0 Å². The minimum atomic E-state index is -3.29. The molecule has 33 heavy (non-hydrogen) atoms. The molecular formula is C22H22N4O6S. The molecule has 0 spiro atoms. The number of hydrogen-bond donors (Lipinski definition) is 3. The molecule has 0 unspecified atom stereocenters. The van der Waals surface area contributed by atoms with Crippen LogP contribution in [-0.4, -0.2) is 51.0 Å². The summed E-state index contributed by atoms with van der Waals surface area (Å²) in [6.45, 7) is 1.90. The number of rotatable bonds is 5. The van der Waals surface area contributed by atoms with Crippen LogP contribution in [0.2, 0.25) is 0 Å². The van der Waals surface area contributed by atoms with E-state index in [-0.39, 0.29) is 12.3 Å². The van der Waals surface area contributed by atoms with E-state index >= 15 is 0 Å². The van der Waals surface area contributed by atoms with Crippen LogP contribution >= 0.6 is 0 Å². The molecule has 1 fully saturated rings. The first-order chi connectivity index (χ1) is 15.6. The maximum absolute atomic E-state index is 12.5. The number of sulfone groups is 1. The average Bonchev–Trinajstić information content (AvgIpc) is 2.78. The second-order valence-electron chi connectivity index (χ2n) is 8.16. The second-order valence-corrected chi connectivity index (χ2v) is 10.2. The summed E-state index contributed by atoms with van der Waals surface area (Å²) in [5.41, 5.74) is 0.265. The van der Waals surface area contributed by atoms with Gasteiger partial charge in [0.05, 0.1) is 16.3 Å². The molecule has 3 N–H and O–H groups in total. The molecule has 0 radical (unpaired) electrons. The third-order valence-corrected chi connectivity index (χ3v) is 7.55. The molecule has 0 aliphatic carbocycles. The number of imide groups is 2. The Kier molecular flexibility index (Phi) is 5.66. The predicted molar refractivity (Wildman–Crippen MR) is 118 cm³/mol. The first-order valence-corrected chi connectivity index (χ1v) is 11.9. The Hall–Kier alpha value is -3.73. The minimum Gasteiger partial charge on any atom is -0.365 e. The number of nitrogens with one attached hydrogen (secondary N) is 3. The van der Waals surface area contributed by atoms with E-state index in [0.717, 1.165) is 5.56 Å². The van der Waals surface area contributed by atoms with Crippen molar-refractivity contribution in [2.45, 2.75) is 18.4 Å². The lowest BCUT2D eigenvalue weighted by Crippen LogP contribution is -2.64. The number of anilines is 1. The highest BCUT2D eigenvalue weighted by Gasteiger charge is 2.46. The third kappa shape index (κ3) is 4.31. The number of amides is 5. The molecule has 2 heterocycles. The van der Waals surface area contributed by atoms with Crippen molar-refractivity contribution in [2.75, 3.05) is 23.7 Å². The van der Waals surface area contributed by atoms with Gasteiger partial charge in [-0.05, 0) is 36.8 Å². The number of barbiturate groups is 1. The molecule has 0 saturated carbocycles. The monoisotopic (exact) mass is 470 g/mol. The van der Waals surface area contributed by atoms with Crippen LogP contribution in [0.1, 0.15) is 22.8 Å². The topological polar surface area (TPSA) is 142 Å². The Balaban J connectivity index is 1.42. The van der Waals surface area contributed by atoms with E-state index in [9.17, 15) is 27.6 Å². The van der Waals surface area contributed by atoms with Crippen molar-refractivity contribution in [3.05, 3.63) is 59.7 Å². The molecule has 172 valence electrons. The van der Waals surface area contributed by atoms with Crippen molar-refractivity contribution in [1.29, 1.82) is 0 Å². The summed E-state index contributed by atoms with van der Waals surface area (Å²) in [6.07, 6.45) is 0. The Morgan fingerprint density at radius 3 is 2.33 bits per heavy atom. The number of nitrogens with zero attached hydrogens (tertiary/aromatic N) is 1. The number of benzene rings is 2. The molecule has 2 aromatic rings. The summed E-state index contributed by atoms with van der Waals surface area (Å²) in [4.78, 5) is 50.2. The SMILES string of the molecule is CC1(CNC(=O)c2ccc(CN3CCS(=O)(=O)c4ccccc43)cc2)C(=O)NC(=O)NC1=O. The number of carbonyl (C=O) groups is 4. The fourth-order valence-corrected chi connectivity index (χ4v) is 5.21. The molecule has 5 amide bonds. The van der Waals surface area contributed by atoms with Crippen molar-refractivity contribution in [2.24, 2.45) is 5.41 Å². The lowest BCUT2D eigenvalue weighted by molar-refractivity contribution is -0.142. The van der Waals surface area contributed by atoms with Gasteiger partial charge in [0.25, 0.3) is 5.91 Å². The zero-order chi connectivity index (χ0) is 23.8. The number of hydrogen-bond acceptors (Lipinski definition) is 7. The molecule has 2 aliphatic rings. The van der Waals surface area contributed by atoms with E-state index in [1.165, 1.54) is 6.92 Å². The summed E-state index contributed by atoms with van der Waals surface area (Å²) in [6, 6.07) is 12.7. The van der Waals surface area contributed by atoms with Crippen LogP contribution in [0.3, 0.4) is 0 Å². The summed E-state index contributed by atoms with van der Waals surface area (Å²) in [5.74, 6) is -2.00. The van der Waals surface area contributed by atoms with E-state index in [1.54, 1.807) is 48.5 Å². The van der Waals surface area contributed by atoms with Crippen molar-refractivity contribution in [1.82, 2.24) is 16.0 Å². The number of carbonyl (C=O) groups excluding carboxylic acids is 4. The molecule has 0 aromatic heterocycles. The van der Waals surface area contributed by atoms with Crippen molar-refractivity contribution in [3.63, 3.8) is 0 Å². The van der Waals surface area contributed by atoms with Gasteiger partial charge in [-0.3, -0.25) is 25.0 Å². The van der Waals surface area contributed by atoms with Crippen LogP contribution in [0.5, 0.6) is 0 Å². The van der Waals surface area contributed by atoms with Gasteiger partial charge in [0.1, 0.15) is 5.41 Å². The summed E-state index contributed by atoms with van der Waals surface area (Å²) >= 11 is 0. The molecular weight excluding hydrogens is 448 g/mol. The molecule has 11 heteroatoms. The Bertz CT molecular complexity index is 1240. The zero-order valence-corrected chi connectivity index (χ0v) is 18.6. The average molecular weight is 471 g/mol. The summed E-state index contributed by atoms with van der Waals surface area (Å²) in [5, 5.41) is 6.60. The molecule has 0 atom stereocenters. The van der Waals surface area contributed by atoms with E-state index in [1.807, 2.05) is 15.5 Å².